The molecule has 0 bridgehead atoms. The lowest BCUT2D eigenvalue weighted by atomic mass is 9.95. The molecule has 98 valence electrons. The monoisotopic (exact) mass is 255 g/mol. The van der Waals surface area contributed by atoms with E-state index >= 15 is 0 Å². The molecule has 0 aliphatic heterocycles. The Hall–Kier alpha value is -2.16. The largest absolute Gasteiger partial charge is 0.352 e. The van der Waals surface area contributed by atoms with Gasteiger partial charge in [-0.1, -0.05) is 31.5 Å². The second-order valence-corrected chi connectivity index (χ2v) is 4.51. The summed E-state index contributed by atoms with van der Waals surface area (Å²) >= 11 is 0. The van der Waals surface area contributed by atoms with E-state index in [-0.39, 0.29) is 11.6 Å². The predicted molar refractivity (Wildman–Crippen MR) is 75.8 cm³/mol. The third-order valence-electron chi connectivity index (χ3n) is 3.06. The number of carbonyl (C=O) groups is 2. The van der Waals surface area contributed by atoms with Crippen molar-refractivity contribution in [2.24, 2.45) is 0 Å². The van der Waals surface area contributed by atoms with Gasteiger partial charge < -0.3 is 5.32 Å². The number of para-hydroxylation sites is 1. The zero-order chi connectivity index (χ0) is 13.7. The number of rotatable bonds is 5. The average Bonchev–Trinajstić information content (AvgIpc) is 2.43. The minimum absolute atomic E-state index is 0.0634. The summed E-state index contributed by atoms with van der Waals surface area (Å²) in [6, 6.07) is 9.44. The fourth-order valence-electron chi connectivity index (χ4n) is 2.01. The second-order valence-electron chi connectivity index (χ2n) is 4.51. The van der Waals surface area contributed by atoms with Crippen LogP contribution < -0.4 is 5.32 Å². The van der Waals surface area contributed by atoms with Crippen molar-refractivity contribution in [3.63, 3.8) is 0 Å². The number of hydrogen-bond donors (Lipinski definition) is 1. The van der Waals surface area contributed by atoms with E-state index in [1.54, 1.807) is 0 Å². The van der Waals surface area contributed by atoms with Crippen molar-refractivity contribution in [1.29, 1.82) is 0 Å². The van der Waals surface area contributed by atoms with E-state index in [9.17, 15) is 9.59 Å². The van der Waals surface area contributed by atoms with Gasteiger partial charge in [-0.15, -0.1) is 0 Å². The van der Waals surface area contributed by atoms with Crippen molar-refractivity contribution in [2.75, 3.05) is 5.32 Å². The molecular weight excluding hydrogens is 238 g/mol. The molecule has 1 aromatic carbocycles. The molecule has 0 fully saturated rings. The summed E-state index contributed by atoms with van der Waals surface area (Å²) in [5.41, 5.74) is 1.84. The van der Waals surface area contributed by atoms with E-state index in [0.717, 1.165) is 18.5 Å². The van der Waals surface area contributed by atoms with E-state index < -0.39 is 0 Å². The molecule has 3 nitrogen and oxygen atoms in total. The van der Waals surface area contributed by atoms with Crippen molar-refractivity contribution < 1.29 is 9.59 Å². The standard InChI is InChI=1S/C16H17NO2/c1-2-3-9-13-14(18)10-11-15(19)16(13)17-12-7-5-4-6-8-12/h4-8,10-11,17H,2-3,9H2,1H3. The molecule has 0 heterocycles. The zero-order valence-electron chi connectivity index (χ0n) is 11.0. The normalized spacial score (nSPS) is 15.0. The van der Waals surface area contributed by atoms with Crippen molar-refractivity contribution in [3.05, 3.63) is 53.8 Å². The van der Waals surface area contributed by atoms with Crippen LogP contribution in [0, 0.1) is 0 Å². The Kier molecular flexibility index (Phi) is 4.29. The summed E-state index contributed by atoms with van der Waals surface area (Å²) in [5.74, 6) is -0.193. The summed E-state index contributed by atoms with van der Waals surface area (Å²) in [5, 5.41) is 3.08. The first-order valence-electron chi connectivity index (χ1n) is 6.54. The van der Waals surface area contributed by atoms with E-state index in [1.807, 2.05) is 30.3 Å². The number of nitrogens with one attached hydrogen (secondary N) is 1. The van der Waals surface area contributed by atoms with Gasteiger partial charge in [-0.2, -0.15) is 0 Å². The van der Waals surface area contributed by atoms with E-state index in [4.69, 9.17) is 0 Å². The summed E-state index contributed by atoms with van der Waals surface area (Å²) in [4.78, 5) is 23.9. The van der Waals surface area contributed by atoms with Gasteiger partial charge in [-0.25, -0.2) is 0 Å². The van der Waals surface area contributed by atoms with Crippen LogP contribution in [0.1, 0.15) is 26.2 Å². The molecule has 0 saturated heterocycles. The van der Waals surface area contributed by atoms with Crippen molar-refractivity contribution in [3.8, 4) is 0 Å². The smallest absolute Gasteiger partial charge is 0.202 e. The fourth-order valence-corrected chi connectivity index (χ4v) is 2.01. The third-order valence-corrected chi connectivity index (χ3v) is 3.06. The Bertz CT molecular complexity index is 541. The Balaban J connectivity index is 2.29. The number of anilines is 1. The Morgan fingerprint density at radius 1 is 1.00 bits per heavy atom. The maximum absolute atomic E-state index is 12.0. The lowest BCUT2D eigenvalue weighted by Crippen LogP contribution is -2.20. The molecule has 3 heteroatoms. The molecule has 0 radical (unpaired) electrons. The molecule has 19 heavy (non-hydrogen) atoms. The topological polar surface area (TPSA) is 46.2 Å². The number of ketones is 2. The van der Waals surface area contributed by atoms with E-state index in [1.165, 1.54) is 12.2 Å². The molecule has 0 amide bonds. The zero-order valence-corrected chi connectivity index (χ0v) is 11.0. The number of hydrogen-bond acceptors (Lipinski definition) is 3. The van der Waals surface area contributed by atoms with Gasteiger partial charge in [0.25, 0.3) is 0 Å². The summed E-state index contributed by atoms with van der Waals surface area (Å²) in [6.07, 6.45) is 5.24. The molecule has 2 rings (SSSR count). The number of unbranched alkanes of at least 4 members (excludes halogenated alkanes) is 1. The summed E-state index contributed by atoms with van der Waals surface area (Å²) < 4.78 is 0. The Labute approximate surface area is 113 Å². The fraction of sp³-hybridized carbons (Fsp3) is 0.250. The Morgan fingerprint density at radius 2 is 1.68 bits per heavy atom. The van der Waals surface area contributed by atoms with E-state index in [2.05, 4.69) is 12.2 Å². The molecule has 1 aliphatic rings. The van der Waals surface area contributed by atoms with Gasteiger partial charge in [0.15, 0.2) is 5.78 Å². The third kappa shape index (κ3) is 3.19. The summed E-state index contributed by atoms with van der Waals surface area (Å²) in [7, 11) is 0. The van der Waals surface area contributed by atoms with Crippen LogP contribution in [0.5, 0.6) is 0 Å². The maximum atomic E-state index is 12.0. The van der Waals surface area contributed by atoms with Crippen LogP contribution in [-0.4, -0.2) is 11.6 Å². The maximum Gasteiger partial charge on any atom is 0.202 e. The van der Waals surface area contributed by atoms with Gasteiger partial charge in [-0.05, 0) is 37.1 Å². The van der Waals surface area contributed by atoms with E-state index in [0.29, 0.717) is 17.7 Å². The number of allylic oxidation sites excluding steroid dienone is 3. The molecule has 0 saturated carbocycles. The van der Waals surface area contributed by atoms with Crippen LogP contribution in [0.3, 0.4) is 0 Å². The average molecular weight is 255 g/mol. The van der Waals surface area contributed by atoms with Crippen LogP contribution >= 0.6 is 0 Å². The number of carbonyl (C=O) groups excluding carboxylic acids is 2. The quantitative estimate of drug-likeness (QED) is 0.821. The minimum Gasteiger partial charge on any atom is -0.352 e. The Morgan fingerprint density at radius 3 is 2.37 bits per heavy atom. The lowest BCUT2D eigenvalue weighted by Gasteiger charge is -2.16. The van der Waals surface area contributed by atoms with Gasteiger partial charge >= 0.3 is 0 Å². The van der Waals surface area contributed by atoms with Crippen LogP contribution in [0.15, 0.2) is 53.8 Å². The van der Waals surface area contributed by atoms with Gasteiger partial charge in [-0.3, -0.25) is 9.59 Å². The van der Waals surface area contributed by atoms with Crippen molar-refractivity contribution in [2.45, 2.75) is 26.2 Å². The van der Waals surface area contributed by atoms with Gasteiger partial charge in [0, 0.05) is 11.3 Å². The highest BCUT2D eigenvalue weighted by atomic mass is 16.1. The molecule has 0 spiro atoms. The molecule has 0 aromatic heterocycles. The molecule has 1 aliphatic carbocycles. The molecule has 1 N–H and O–H groups in total. The van der Waals surface area contributed by atoms with Crippen LogP contribution in [0.4, 0.5) is 5.69 Å². The lowest BCUT2D eigenvalue weighted by molar-refractivity contribution is -0.115. The highest BCUT2D eigenvalue weighted by molar-refractivity contribution is 6.21. The van der Waals surface area contributed by atoms with Crippen molar-refractivity contribution in [1.82, 2.24) is 0 Å². The van der Waals surface area contributed by atoms with Crippen LogP contribution in [-0.2, 0) is 9.59 Å². The van der Waals surface area contributed by atoms with Gasteiger partial charge in [0.05, 0.1) is 5.70 Å². The minimum atomic E-state index is -0.130. The first kappa shape index (κ1) is 13.3. The summed E-state index contributed by atoms with van der Waals surface area (Å²) in [6.45, 7) is 2.07. The van der Waals surface area contributed by atoms with Gasteiger partial charge in [0.2, 0.25) is 5.78 Å². The molecule has 0 atom stereocenters. The predicted octanol–water partition coefficient (Wildman–Crippen LogP) is 3.25. The highest BCUT2D eigenvalue weighted by Gasteiger charge is 2.22. The molecular formula is C16H17NO2. The molecule has 0 unspecified atom stereocenters. The highest BCUT2D eigenvalue weighted by Crippen LogP contribution is 2.21. The molecule has 1 aromatic rings. The second kappa shape index (κ2) is 6.14. The first-order chi connectivity index (χ1) is 9.22. The first-order valence-corrected chi connectivity index (χ1v) is 6.54. The number of benzene rings is 1. The van der Waals surface area contributed by atoms with Crippen LogP contribution in [0.25, 0.3) is 0 Å². The SMILES string of the molecule is CCCCC1=C(Nc2ccccc2)C(=O)C=CC1=O. The van der Waals surface area contributed by atoms with Crippen LogP contribution in [0.2, 0.25) is 0 Å². The van der Waals surface area contributed by atoms with Gasteiger partial charge in [0.1, 0.15) is 0 Å². The van der Waals surface area contributed by atoms with Crippen molar-refractivity contribution >= 4 is 17.3 Å².